The van der Waals surface area contributed by atoms with Crippen LogP contribution in [-0.4, -0.2) is 39.3 Å². The van der Waals surface area contributed by atoms with Gasteiger partial charge in [-0.1, -0.05) is 17.8 Å². The molecule has 0 aromatic carbocycles. The van der Waals surface area contributed by atoms with E-state index in [1.165, 1.54) is 19.2 Å². The van der Waals surface area contributed by atoms with Crippen LogP contribution in [0.25, 0.3) is 6.08 Å². The number of hydrogen-bond acceptors (Lipinski definition) is 6. The van der Waals surface area contributed by atoms with Crippen LogP contribution in [0.5, 0.6) is 5.75 Å². The fourth-order valence-corrected chi connectivity index (χ4v) is 2.73. The van der Waals surface area contributed by atoms with Crippen LogP contribution in [0.1, 0.15) is 40.2 Å². The lowest BCUT2D eigenvalue weighted by atomic mass is 9.78. The smallest absolute Gasteiger partial charge is 0.491 e. The van der Waals surface area contributed by atoms with Crippen molar-refractivity contribution in [3.05, 3.63) is 33.7 Å². The van der Waals surface area contributed by atoms with Gasteiger partial charge in [0.1, 0.15) is 0 Å². The molecule has 1 aliphatic rings. The van der Waals surface area contributed by atoms with Crippen LogP contribution >= 0.6 is 11.8 Å². The van der Waals surface area contributed by atoms with Crippen LogP contribution < -0.4 is 5.56 Å². The molecule has 0 bridgehead atoms. The fourth-order valence-electron chi connectivity index (χ4n) is 2.14. The molecule has 8 heteroatoms. The Hall–Kier alpha value is -1.51. The van der Waals surface area contributed by atoms with E-state index in [0.29, 0.717) is 11.3 Å². The quantitative estimate of drug-likeness (QED) is 0.810. The molecular weight excluding hydrogens is 329 g/mol. The Bertz CT molecular complexity index is 709. The van der Waals surface area contributed by atoms with Crippen molar-refractivity contribution < 1.29 is 19.2 Å². The Balaban J connectivity index is 2.34. The Morgan fingerprint density at radius 2 is 1.92 bits per heavy atom. The van der Waals surface area contributed by atoms with E-state index in [2.05, 4.69) is 4.98 Å². The van der Waals surface area contributed by atoms with Crippen molar-refractivity contribution in [3.8, 4) is 5.75 Å². The molecule has 130 valence electrons. The molecule has 1 aliphatic heterocycles. The molecule has 2 rings (SSSR count). The lowest BCUT2D eigenvalue weighted by Crippen LogP contribution is -2.41. The number of H-pyrrole nitrogens is 1. The number of pyridine rings is 1. The maximum Gasteiger partial charge on any atom is 0.491 e. The van der Waals surface area contributed by atoms with Gasteiger partial charge >= 0.3 is 7.12 Å². The van der Waals surface area contributed by atoms with Crippen LogP contribution in [0.15, 0.2) is 22.5 Å². The van der Waals surface area contributed by atoms with E-state index in [-0.39, 0.29) is 10.9 Å². The summed E-state index contributed by atoms with van der Waals surface area (Å²) in [6.07, 6.45) is 3.25. The van der Waals surface area contributed by atoms with Crippen molar-refractivity contribution in [2.45, 2.75) is 45.8 Å². The largest absolute Gasteiger partial charge is 0.503 e. The highest BCUT2D eigenvalue weighted by atomic mass is 32.2. The number of hydrogen-bond donors (Lipinski definition) is 2. The number of carbonyl (C=O) groups is 1. The van der Waals surface area contributed by atoms with Crippen LogP contribution in [0.3, 0.4) is 0 Å². The van der Waals surface area contributed by atoms with E-state index in [1.54, 1.807) is 6.08 Å². The summed E-state index contributed by atoms with van der Waals surface area (Å²) >= 11 is 1.15. The molecule has 1 aromatic heterocycles. The van der Waals surface area contributed by atoms with Gasteiger partial charge in [0.2, 0.25) is 0 Å². The number of aromatic hydroxyl groups is 1. The second-order valence-corrected chi connectivity index (χ2v) is 7.89. The summed E-state index contributed by atoms with van der Waals surface area (Å²) in [6.45, 7) is 9.31. The zero-order valence-electron chi connectivity index (χ0n) is 14.5. The maximum absolute atomic E-state index is 11.3. The Kier molecular flexibility index (Phi) is 5.32. The predicted octanol–water partition coefficient (Wildman–Crippen LogP) is 2.38. The van der Waals surface area contributed by atoms with Gasteiger partial charge in [-0.15, -0.1) is 0 Å². The van der Waals surface area contributed by atoms with Gasteiger partial charge in [-0.2, -0.15) is 0 Å². The van der Waals surface area contributed by atoms with Gasteiger partial charge in [0, 0.05) is 18.9 Å². The topological polar surface area (TPSA) is 88.6 Å². The number of thioether (sulfide) groups is 1. The molecular formula is C16H22BNO5S. The normalized spacial score (nSPS) is 19.5. The molecule has 0 aliphatic carbocycles. The third-order valence-corrected chi connectivity index (χ3v) is 5.14. The van der Waals surface area contributed by atoms with E-state index in [9.17, 15) is 14.7 Å². The van der Waals surface area contributed by atoms with Gasteiger partial charge in [-0.05, 0) is 44.8 Å². The number of aromatic amines is 1. The summed E-state index contributed by atoms with van der Waals surface area (Å²) in [6, 6.07) is 1.36. The number of nitrogens with one attached hydrogen (secondary N) is 1. The first kappa shape index (κ1) is 18.8. The summed E-state index contributed by atoms with van der Waals surface area (Å²) < 4.78 is 12.1. The molecule has 1 fully saturated rings. The molecule has 0 amide bonds. The van der Waals surface area contributed by atoms with Crippen molar-refractivity contribution in [2.24, 2.45) is 0 Å². The second-order valence-electron chi connectivity index (χ2n) is 6.74. The summed E-state index contributed by atoms with van der Waals surface area (Å²) in [4.78, 5) is 25.1. The molecule has 2 N–H and O–H groups in total. The summed E-state index contributed by atoms with van der Waals surface area (Å²) in [5.74, 6) is 0.0303. The zero-order chi connectivity index (χ0) is 18.1. The van der Waals surface area contributed by atoms with Crippen molar-refractivity contribution in [3.63, 3.8) is 0 Å². The lowest BCUT2D eigenvalue weighted by molar-refractivity contribution is -0.109. The molecule has 6 nitrogen and oxygen atoms in total. The van der Waals surface area contributed by atoms with Gasteiger partial charge < -0.3 is 19.4 Å². The van der Waals surface area contributed by atoms with Gasteiger partial charge in [-0.25, -0.2) is 0 Å². The molecule has 0 unspecified atom stereocenters. The van der Waals surface area contributed by atoms with Gasteiger partial charge in [-0.3, -0.25) is 9.59 Å². The molecule has 0 radical (unpaired) electrons. The molecule has 24 heavy (non-hydrogen) atoms. The van der Waals surface area contributed by atoms with E-state index in [0.717, 1.165) is 17.2 Å². The molecule has 1 aromatic rings. The average Bonchev–Trinajstić information content (AvgIpc) is 2.67. The van der Waals surface area contributed by atoms with Crippen LogP contribution in [-0.2, 0) is 14.1 Å². The van der Waals surface area contributed by atoms with Crippen LogP contribution in [0.2, 0.25) is 0 Å². The van der Waals surface area contributed by atoms with E-state index < -0.39 is 23.9 Å². The lowest BCUT2D eigenvalue weighted by Gasteiger charge is -2.32. The van der Waals surface area contributed by atoms with Crippen LogP contribution in [0.4, 0.5) is 0 Å². The first-order chi connectivity index (χ1) is 11.0. The molecule has 0 saturated carbocycles. The van der Waals surface area contributed by atoms with E-state index in [1.807, 2.05) is 27.7 Å². The minimum absolute atomic E-state index is 0.0123. The van der Waals surface area contributed by atoms with E-state index >= 15 is 0 Å². The maximum atomic E-state index is 11.3. The first-order valence-corrected chi connectivity index (χ1v) is 8.61. The minimum Gasteiger partial charge on any atom is -0.503 e. The number of carbonyl (C=O) groups excluding carboxylic acids is 1. The predicted molar refractivity (Wildman–Crippen MR) is 95.9 cm³/mol. The highest BCUT2D eigenvalue weighted by Crippen LogP contribution is 2.39. The summed E-state index contributed by atoms with van der Waals surface area (Å²) in [7, 11) is -0.601. The third kappa shape index (κ3) is 4.12. The molecule has 2 heterocycles. The van der Waals surface area contributed by atoms with Gasteiger partial charge in [0.15, 0.2) is 10.9 Å². The highest BCUT2D eigenvalue weighted by Gasteiger charge is 2.52. The fraction of sp³-hybridized carbons (Fsp3) is 0.500. The zero-order valence-corrected chi connectivity index (χ0v) is 15.3. The van der Waals surface area contributed by atoms with Gasteiger partial charge in [0.05, 0.1) is 11.2 Å². The Morgan fingerprint density at radius 3 is 2.42 bits per heavy atom. The summed E-state index contributed by atoms with van der Waals surface area (Å²) in [5.41, 5.74) is -0.195. The number of rotatable bonds is 4. The first-order valence-electron chi connectivity index (χ1n) is 7.63. The number of aromatic nitrogens is 1. The van der Waals surface area contributed by atoms with Crippen LogP contribution in [0, 0.1) is 0 Å². The van der Waals surface area contributed by atoms with Crippen molar-refractivity contribution >= 4 is 30.1 Å². The van der Waals surface area contributed by atoms with Crippen molar-refractivity contribution in [1.29, 1.82) is 0 Å². The SMILES string of the molecule is CC(=O)SCC(=Cc1c[nH]c(=O)c(O)c1)B1OC(C)(C)C(C)(C)O1. The minimum atomic E-state index is -0.601. The standard InChI is InChI=1S/C16H22BNO5S/c1-10(19)24-9-12(6-11-7-13(20)14(21)18-8-11)17-22-15(2,3)16(4,5)23-17/h6-8,20H,9H2,1-5H3,(H,18,21). The van der Waals surface area contributed by atoms with Gasteiger partial charge in [0.25, 0.3) is 5.56 Å². The monoisotopic (exact) mass is 351 g/mol. The highest BCUT2D eigenvalue weighted by molar-refractivity contribution is 8.13. The third-order valence-electron chi connectivity index (χ3n) is 4.26. The molecule has 1 saturated heterocycles. The Labute approximate surface area is 145 Å². The second kappa shape index (κ2) is 6.78. The summed E-state index contributed by atoms with van der Waals surface area (Å²) in [5, 5.41) is 9.56. The molecule has 0 spiro atoms. The Morgan fingerprint density at radius 1 is 1.33 bits per heavy atom. The average molecular weight is 351 g/mol. The van der Waals surface area contributed by atoms with Crippen molar-refractivity contribution in [1.82, 2.24) is 4.98 Å². The molecule has 0 atom stereocenters. The van der Waals surface area contributed by atoms with Crippen molar-refractivity contribution in [2.75, 3.05) is 5.75 Å². The van der Waals surface area contributed by atoms with E-state index in [4.69, 9.17) is 9.31 Å².